The summed E-state index contributed by atoms with van der Waals surface area (Å²) in [6, 6.07) is 0. The van der Waals surface area contributed by atoms with Crippen molar-refractivity contribution in [3.63, 3.8) is 0 Å². The minimum absolute atomic E-state index is 0.0593. The van der Waals surface area contributed by atoms with Crippen molar-refractivity contribution in [2.24, 2.45) is 5.92 Å². The zero-order valence-electron chi connectivity index (χ0n) is 13.5. The molecule has 0 amide bonds. The van der Waals surface area contributed by atoms with Crippen molar-refractivity contribution in [2.45, 2.75) is 70.9 Å². The average Bonchev–Trinajstić information content (AvgIpc) is 2.95. The summed E-state index contributed by atoms with van der Waals surface area (Å²) in [7, 11) is 1.44. The maximum Gasteiger partial charge on any atom is 0.325 e. The number of methoxy groups -OCH3 is 1. The molecule has 1 rings (SSSR count). The van der Waals surface area contributed by atoms with Crippen LogP contribution in [0.4, 0.5) is 0 Å². The largest absolute Gasteiger partial charge is 0.468 e. The van der Waals surface area contributed by atoms with E-state index in [1.54, 1.807) is 0 Å². The Bertz CT molecular complexity index is 289. The normalized spacial score (nSPS) is 20.6. The van der Waals surface area contributed by atoms with Gasteiger partial charge in [-0.2, -0.15) is 0 Å². The third-order valence-electron chi connectivity index (χ3n) is 4.19. The number of esters is 1. The van der Waals surface area contributed by atoms with E-state index in [0.717, 1.165) is 19.6 Å². The average molecular weight is 285 g/mol. The number of ether oxygens (including phenoxy) is 2. The summed E-state index contributed by atoms with van der Waals surface area (Å²) >= 11 is 0. The molecule has 0 aromatic rings. The highest BCUT2D eigenvalue weighted by Crippen LogP contribution is 2.26. The van der Waals surface area contributed by atoms with Gasteiger partial charge in [-0.05, 0) is 45.6 Å². The summed E-state index contributed by atoms with van der Waals surface area (Å²) < 4.78 is 10.9. The highest BCUT2D eigenvalue weighted by Gasteiger charge is 2.35. The molecule has 1 aliphatic carbocycles. The monoisotopic (exact) mass is 285 g/mol. The summed E-state index contributed by atoms with van der Waals surface area (Å²) in [5, 5.41) is 3.30. The molecule has 4 heteroatoms. The number of rotatable bonds is 9. The van der Waals surface area contributed by atoms with Gasteiger partial charge in [0.05, 0.1) is 13.2 Å². The molecule has 20 heavy (non-hydrogen) atoms. The van der Waals surface area contributed by atoms with E-state index in [-0.39, 0.29) is 12.1 Å². The predicted octanol–water partition coefficient (Wildman–Crippen LogP) is 2.90. The molecule has 0 aromatic carbocycles. The van der Waals surface area contributed by atoms with Crippen LogP contribution in [-0.4, -0.2) is 37.9 Å². The van der Waals surface area contributed by atoms with Gasteiger partial charge >= 0.3 is 5.97 Å². The topological polar surface area (TPSA) is 47.6 Å². The summed E-state index contributed by atoms with van der Waals surface area (Å²) in [6.07, 6.45) is 6.94. The molecular formula is C16H31NO3. The van der Waals surface area contributed by atoms with Crippen molar-refractivity contribution in [3.05, 3.63) is 0 Å². The van der Waals surface area contributed by atoms with Gasteiger partial charge in [0.15, 0.2) is 0 Å². The lowest BCUT2D eigenvalue weighted by Crippen LogP contribution is -2.52. The molecular weight excluding hydrogens is 254 g/mol. The molecule has 1 aliphatic rings. The van der Waals surface area contributed by atoms with Crippen LogP contribution in [0.25, 0.3) is 0 Å². The number of carbonyl (C=O) groups excluding carboxylic acids is 1. The Balaban J connectivity index is 2.43. The minimum Gasteiger partial charge on any atom is -0.468 e. The standard InChI is InChI=1S/C16H31NO3/c1-5-10-17-16(3,15(18)19-4)11-13(2)20-12-14-8-6-7-9-14/h13-14,17H,5-12H2,1-4H3. The second-order valence-corrected chi connectivity index (χ2v) is 6.25. The van der Waals surface area contributed by atoms with Gasteiger partial charge in [0, 0.05) is 13.0 Å². The first-order valence-electron chi connectivity index (χ1n) is 7.97. The van der Waals surface area contributed by atoms with Crippen molar-refractivity contribution in [2.75, 3.05) is 20.3 Å². The van der Waals surface area contributed by atoms with E-state index in [1.807, 2.05) is 13.8 Å². The van der Waals surface area contributed by atoms with Gasteiger partial charge in [0.1, 0.15) is 5.54 Å². The van der Waals surface area contributed by atoms with Gasteiger partial charge in [-0.3, -0.25) is 4.79 Å². The van der Waals surface area contributed by atoms with Gasteiger partial charge in [0.25, 0.3) is 0 Å². The highest BCUT2D eigenvalue weighted by molar-refractivity contribution is 5.80. The van der Waals surface area contributed by atoms with Gasteiger partial charge in [-0.1, -0.05) is 19.8 Å². The zero-order valence-corrected chi connectivity index (χ0v) is 13.5. The number of carbonyl (C=O) groups is 1. The van der Waals surface area contributed by atoms with Crippen LogP contribution in [0.15, 0.2) is 0 Å². The molecule has 1 N–H and O–H groups in total. The lowest BCUT2D eigenvalue weighted by molar-refractivity contribution is -0.149. The molecule has 4 nitrogen and oxygen atoms in total. The van der Waals surface area contributed by atoms with Crippen molar-refractivity contribution in [1.82, 2.24) is 5.32 Å². The smallest absolute Gasteiger partial charge is 0.325 e. The van der Waals surface area contributed by atoms with E-state index in [1.165, 1.54) is 32.8 Å². The van der Waals surface area contributed by atoms with Gasteiger partial charge in [-0.25, -0.2) is 0 Å². The molecule has 0 aliphatic heterocycles. The number of nitrogens with one attached hydrogen (secondary N) is 1. The first-order valence-corrected chi connectivity index (χ1v) is 7.97. The molecule has 118 valence electrons. The molecule has 2 unspecified atom stereocenters. The van der Waals surface area contributed by atoms with Crippen LogP contribution >= 0.6 is 0 Å². The van der Waals surface area contributed by atoms with E-state index in [2.05, 4.69) is 12.2 Å². The third-order valence-corrected chi connectivity index (χ3v) is 4.19. The Morgan fingerprint density at radius 3 is 2.60 bits per heavy atom. The SMILES string of the molecule is CCCNC(C)(CC(C)OCC1CCCC1)C(=O)OC. The Labute approximate surface area is 123 Å². The molecule has 0 radical (unpaired) electrons. The second kappa shape index (κ2) is 8.63. The van der Waals surface area contributed by atoms with E-state index >= 15 is 0 Å². The molecule has 0 heterocycles. The first kappa shape index (κ1) is 17.4. The number of hydrogen-bond acceptors (Lipinski definition) is 4. The molecule has 0 aromatic heterocycles. The Hall–Kier alpha value is -0.610. The van der Waals surface area contributed by atoms with Crippen molar-refractivity contribution in [3.8, 4) is 0 Å². The fourth-order valence-electron chi connectivity index (χ4n) is 2.97. The maximum atomic E-state index is 12.0. The van der Waals surface area contributed by atoms with E-state index in [4.69, 9.17) is 9.47 Å². The first-order chi connectivity index (χ1) is 9.51. The number of hydrogen-bond donors (Lipinski definition) is 1. The molecule has 1 fully saturated rings. The van der Waals surface area contributed by atoms with Crippen LogP contribution in [0.1, 0.15) is 59.3 Å². The van der Waals surface area contributed by atoms with Crippen molar-refractivity contribution in [1.29, 1.82) is 0 Å². The highest BCUT2D eigenvalue weighted by atomic mass is 16.5. The third kappa shape index (κ3) is 5.41. The lowest BCUT2D eigenvalue weighted by Gasteiger charge is -2.31. The van der Waals surface area contributed by atoms with Gasteiger partial charge in [0.2, 0.25) is 0 Å². The summed E-state index contributed by atoms with van der Waals surface area (Å²) in [4.78, 5) is 12.0. The Kier molecular flexibility index (Phi) is 7.52. The minimum atomic E-state index is -0.653. The summed E-state index contributed by atoms with van der Waals surface area (Å²) in [5.74, 6) is 0.507. The second-order valence-electron chi connectivity index (χ2n) is 6.25. The van der Waals surface area contributed by atoms with Crippen LogP contribution in [0, 0.1) is 5.92 Å². The maximum absolute atomic E-state index is 12.0. The molecule has 1 saturated carbocycles. The Morgan fingerprint density at radius 1 is 1.40 bits per heavy atom. The molecule has 0 spiro atoms. The summed E-state index contributed by atoms with van der Waals surface area (Å²) in [5.41, 5.74) is -0.653. The van der Waals surface area contributed by atoms with Crippen molar-refractivity contribution >= 4 is 5.97 Å². The van der Waals surface area contributed by atoms with E-state index < -0.39 is 5.54 Å². The van der Waals surface area contributed by atoms with Crippen LogP contribution in [0.5, 0.6) is 0 Å². The van der Waals surface area contributed by atoms with Crippen LogP contribution in [0.2, 0.25) is 0 Å². The van der Waals surface area contributed by atoms with Crippen LogP contribution in [-0.2, 0) is 14.3 Å². The Morgan fingerprint density at radius 2 is 2.05 bits per heavy atom. The predicted molar refractivity (Wildman–Crippen MR) is 80.7 cm³/mol. The molecule has 0 saturated heterocycles. The van der Waals surface area contributed by atoms with Crippen LogP contribution in [0.3, 0.4) is 0 Å². The fraction of sp³-hybridized carbons (Fsp3) is 0.938. The van der Waals surface area contributed by atoms with E-state index in [0.29, 0.717) is 12.3 Å². The van der Waals surface area contributed by atoms with Gasteiger partial charge in [-0.15, -0.1) is 0 Å². The van der Waals surface area contributed by atoms with Crippen molar-refractivity contribution < 1.29 is 14.3 Å². The quantitative estimate of drug-likeness (QED) is 0.662. The summed E-state index contributed by atoms with van der Waals surface area (Å²) in [6.45, 7) is 7.67. The fourth-order valence-corrected chi connectivity index (χ4v) is 2.97. The lowest BCUT2D eigenvalue weighted by atomic mass is 9.94. The zero-order chi connectivity index (χ0) is 15.0. The molecule has 0 bridgehead atoms. The van der Waals surface area contributed by atoms with Gasteiger partial charge < -0.3 is 14.8 Å². The van der Waals surface area contributed by atoms with E-state index in [9.17, 15) is 4.79 Å². The molecule has 2 atom stereocenters. The van der Waals surface area contributed by atoms with Crippen LogP contribution < -0.4 is 5.32 Å².